The topological polar surface area (TPSA) is 88.0 Å². The van der Waals surface area contributed by atoms with Crippen molar-refractivity contribution >= 4 is 11.8 Å². The number of esters is 1. The lowest BCUT2D eigenvalue weighted by Crippen LogP contribution is -2.08. The van der Waals surface area contributed by atoms with Gasteiger partial charge >= 0.3 is 5.97 Å². The first-order valence-corrected chi connectivity index (χ1v) is 4.97. The molecule has 0 aromatic carbocycles. The summed E-state index contributed by atoms with van der Waals surface area (Å²) in [6.45, 7) is 1.75. The number of carbonyl (C=O) groups is 1. The molecular formula is C10H13N5O2. The molecule has 0 saturated heterocycles. The molecule has 0 bridgehead atoms. The fourth-order valence-electron chi connectivity index (χ4n) is 1.61. The van der Waals surface area contributed by atoms with Gasteiger partial charge in [0.2, 0.25) is 0 Å². The molecule has 0 aliphatic carbocycles. The largest absolute Gasteiger partial charge is 0.464 e. The number of carbonyl (C=O) groups excluding carboxylic acids is 1. The van der Waals surface area contributed by atoms with Crippen molar-refractivity contribution in [3.8, 4) is 5.82 Å². The van der Waals surface area contributed by atoms with E-state index >= 15 is 0 Å². The van der Waals surface area contributed by atoms with Gasteiger partial charge < -0.3 is 10.5 Å². The van der Waals surface area contributed by atoms with Gasteiger partial charge in [-0.05, 0) is 6.92 Å². The Balaban J connectivity index is 2.56. The van der Waals surface area contributed by atoms with Crippen molar-refractivity contribution < 1.29 is 9.53 Å². The van der Waals surface area contributed by atoms with Gasteiger partial charge in [0.25, 0.3) is 0 Å². The zero-order valence-electron chi connectivity index (χ0n) is 9.84. The average molecular weight is 235 g/mol. The quantitative estimate of drug-likeness (QED) is 0.755. The minimum atomic E-state index is -0.555. The summed E-state index contributed by atoms with van der Waals surface area (Å²) in [5.41, 5.74) is 5.98. The number of hydrogen-bond acceptors (Lipinski definition) is 5. The summed E-state index contributed by atoms with van der Waals surface area (Å²) in [5, 5.41) is 4.21. The number of nitrogens with zero attached hydrogens (tertiary/aromatic N) is 4. The Labute approximate surface area is 97.8 Å². The molecule has 0 unspecified atom stereocenters. The maximum absolute atomic E-state index is 11.4. The van der Waals surface area contributed by atoms with Crippen LogP contribution in [0.3, 0.4) is 0 Å². The first-order chi connectivity index (χ1) is 8.04. The van der Waals surface area contributed by atoms with Crippen LogP contribution in [0.4, 0.5) is 5.82 Å². The van der Waals surface area contributed by atoms with Crippen LogP contribution in [0.15, 0.2) is 12.3 Å². The van der Waals surface area contributed by atoms with Crippen LogP contribution in [-0.2, 0) is 11.8 Å². The van der Waals surface area contributed by atoms with Crippen molar-refractivity contribution in [1.29, 1.82) is 0 Å². The number of anilines is 1. The predicted octanol–water partition coefficient (Wildman–Crippen LogP) is 0.283. The Hall–Kier alpha value is -2.31. The van der Waals surface area contributed by atoms with Crippen LogP contribution in [0.2, 0.25) is 0 Å². The summed E-state index contributed by atoms with van der Waals surface area (Å²) in [6.07, 6.45) is 1.78. The number of aromatic nitrogens is 4. The molecule has 0 saturated carbocycles. The van der Waals surface area contributed by atoms with E-state index in [9.17, 15) is 4.79 Å². The van der Waals surface area contributed by atoms with Gasteiger partial charge in [0.1, 0.15) is 11.6 Å². The fourth-order valence-corrected chi connectivity index (χ4v) is 1.61. The number of aryl methyl sites for hydroxylation is 2. The molecule has 0 radical (unpaired) electrons. The second-order valence-electron chi connectivity index (χ2n) is 3.57. The maximum atomic E-state index is 11.4. The molecule has 0 fully saturated rings. The van der Waals surface area contributed by atoms with E-state index in [0.717, 1.165) is 0 Å². The number of rotatable bonds is 2. The van der Waals surface area contributed by atoms with Gasteiger partial charge in [0, 0.05) is 19.3 Å². The Bertz CT molecular complexity index is 569. The monoisotopic (exact) mass is 235 g/mol. The molecule has 2 aromatic rings. The zero-order chi connectivity index (χ0) is 12.6. The van der Waals surface area contributed by atoms with Crippen LogP contribution in [0.5, 0.6) is 0 Å². The molecule has 2 heterocycles. The predicted molar refractivity (Wildman–Crippen MR) is 60.8 cm³/mol. The second-order valence-corrected chi connectivity index (χ2v) is 3.57. The molecule has 0 amide bonds. The van der Waals surface area contributed by atoms with Crippen molar-refractivity contribution in [2.75, 3.05) is 12.8 Å². The SMILES string of the molecule is COC(=O)c1nc(C)n(-c2ccn(C)n2)c1N. The molecule has 2 aromatic heterocycles. The van der Waals surface area contributed by atoms with Crippen molar-refractivity contribution in [1.82, 2.24) is 19.3 Å². The fraction of sp³-hybridized carbons (Fsp3) is 0.300. The van der Waals surface area contributed by atoms with Crippen molar-refractivity contribution in [2.24, 2.45) is 7.05 Å². The zero-order valence-corrected chi connectivity index (χ0v) is 9.84. The smallest absolute Gasteiger partial charge is 0.360 e. The van der Waals surface area contributed by atoms with Crippen LogP contribution in [-0.4, -0.2) is 32.4 Å². The molecule has 17 heavy (non-hydrogen) atoms. The Morgan fingerprint density at radius 2 is 2.24 bits per heavy atom. The third kappa shape index (κ3) is 1.75. The average Bonchev–Trinajstić information content (AvgIpc) is 2.82. The van der Waals surface area contributed by atoms with E-state index < -0.39 is 5.97 Å². The number of methoxy groups -OCH3 is 1. The normalized spacial score (nSPS) is 10.5. The molecule has 0 atom stereocenters. The summed E-state index contributed by atoms with van der Waals surface area (Å²) in [7, 11) is 3.09. The first kappa shape index (κ1) is 11.2. The highest BCUT2D eigenvalue weighted by atomic mass is 16.5. The van der Waals surface area contributed by atoms with E-state index in [4.69, 9.17) is 5.73 Å². The van der Waals surface area contributed by atoms with Crippen LogP contribution < -0.4 is 5.73 Å². The Morgan fingerprint density at radius 3 is 2.76 bits per heavy atom. The molecule has 0 spiro atoms. The third-order valence-electron chi connectivity index (χ3n) is 2.39. The van der Waals surface area contributed by atoms with Crippen LogP contribution >= 0.6 is 0 Å². The second kappa shape index (κ2) is 3.93. The van der Waals surface area contributed by atoms with E-state index in [1.54, 1.807) is 35.5 Å². The highest BCUT2D eigenvalue weighted by Crippen LogP contribution is 2.19. The standard InChI is InChI=1S/C10H13N5O2/c1-6-12-8(10(16)17-3)9(11)15(6)7-4-5-14(2)13-7/h4-5H,11H2,1-3H3. The van der Waals surface area contributed by atoms with Crippen molar-refractivity contribution in [3.63, 3.8) is 0 Å². The van der Waals surface area contributed by atoms with E-state index in [1.165, 1.54) is 7.11 Å². The van der Waals surface area contributed by atoms with Crippen LogP contribution in [0.25, 0.3) is 5.82 Å². The number of nitrogens with two attached hydrogens (primary N) is 1. The van der Waals surface area contributed by atoms with Gasteiger partial charge in [0.15, 0.2) is 11.5 Å². The lowest BCUT2D eigenvalue weighted by molar-refractivity contribution is 0.0596. The minimum absolute atomic E-state index is 0.107. The number of imidazole rings is 1. The highest BCUT2D eigenvalue weighted by Gasteiger charge is 2.20. The molecule has 0 aliphatic heterocycles. The highest BCUT2D eigenvalue weighted by molar-refractivity contribution is 5.92. The molecule has 2 rings (SSSR count). The van der Waals surface area contributed by atoms with Gasteiger partial charge in [-0.25, -0.2) is 9.78 Å². The minimum Gasteiger partial charge on any atom is -0.464 e. The maximum Gasteiger partial charge on any atom is 0.360 e. The van der Waals surface area contributed by atoms with E-state index in [0.29, 0.717) is 11.6 Å². The van der Waals surface area contributed by atoms with Crippen LogP contribution in [0, 0.1) is 6.92 Å². The summed E-state index contributed by atoms with van der Waals surface area (Å²) in [6, 6.07) is 1.78. The molecule has 2 N–H and O–H groups in total. The van der Waals surface area contributed by atoms with E-state index in [-0.39, 0.29) is 11.5 Å². The molecule has 7 nitrogen and oxygen atoms in total. The van der Waals surface area contributed by atoms with E-state index in [1.807, 2.05) is 0 Å². The van der Waals surface area contributed by atoms with Crippen LogP contribution in [0.1, 0.15) is 16.3 Å². The Morgan fingerprint density at radius 1 is 1.53 bits per heavy atom. The summed E-state index contributed by atoms with van der Waals surface area (Å²) < 4.78 is 7.85. The number of ether oxygens (including phenoxy) is 1. The summed E-state index contributed by atoms with van der Waals surface area (Å²) >= 11 is 0. The number of hydrogen-bond donors (Lipinski definition) is 1. The van der Waals surface area contributed by atoms with Gasteiger partial charge in [-0.2, -0.15) is 5.10 Å². The molecule has 0 aliphatic rings. The van der Waals surface area contributed by atoms with Crippen molar-refractivity contribution in [3.05, 3.63) is 23.8 Å². The van der Waals surface area contributed by atoms with Gasteiger partial charge in [-0.15, -0.1) is 0 Å². The van der Waals surface area contributed by atoms with Gasteiger partial charge in [-0.1, -0.05) is 0 Å². The van der Waals surface area contributed by atoms with Gasteiger partial charge in [0.05, 0.1) is 7.11 Å². The van der Waals surface area contributed by atoms with E-state index in [2.05, 4.69) is 14.8 Å². The summed E-state index contributed by atoms with van der Waals surface area (Å²) in [5.74, 6) is 0.875. The Kier molecular flexibility index (Phi) is 2.58. The lowest BCUT2D eigenvalue weighted by Gasteiger charge is -2.02. The summed E-state index contributed by atoms with van der Waals surface area (Å²) in [4.78, 5) is 15.5. The molecular weight excluding hydrogens is 222 g/mol. The molecule has 7 heteroatoms. The van der Waals surface area contributed by atoms with Crippen molar-refractivity contribution in [2.45, 2.75) is 6.92 Å². The van der Waals surface area contributed by atoms with Gasteiger partial charge in [-0.3, -0.25) is 9.25 Å². The molecule has 90 valence electrons. The third-order valence-corrected chi connectivity index (χ3v) is 2.39. The first-order valence-electron chi connectivity index (χ1n) is 4.97. The number of nitrogen functional groups attached to an aromatic ring is 1. The lowest BCUT2D eigenvalue weighted by atomic mass is 10.4.